The van der Waals surface area contributed by atoms with Gasteiger partial charge in [0.15, 0.2) is 0 Å². The Balaban J connectivity index is 1.95. The highest BCUT2D eigenvalue weighted by atomic mass is 15.4. The molecule has 0 bridgehead atoms. The van der Waals surface area contributed by atoms with Crippen molar-refractivity contribution in [2.45, 2.75) is 44.7 Å². The Morgan fingerprint density at radius 2 is 1.91 bits per heavy atom. The van der Waals surface area contributed by atoms with Gasteiger partial charge in [-0.3, -0.25) is 4.90 Å². The molecule has 1 fully saturated rings. The van der Waals surface area contributed by atoms with Crippen molar-refractivity contribution in [3.05, 3.63) is 17.7 Å². The number of fused-ring (bicyclic) bond motifs is 1. The molecule has 2 aromatic rings. The molecular formula is C15H20N8. The highest BCUT2D eigenvalue weighted by molar-refractivity contribution is 6.09. The molecule has 8 heteroatoms. The Morgan fingerprint density at radius 3 is 2.70 bits per heavy atom. The number of H-pyrrole nitrogens is 1. The summed E-state index contributed by atoms with van der Waals surface area (Å²) in [6.45, 7) is 2.04. The molecule has 1 aromatic heterocycles. The van der Waals surface area contributed by atoms with Crippen LogP contribution in [-0.2, 0) is 0 Å². The van der Waals surface area contributed by atoms with Gasteiger partial charge in [-0.2, -0.15) is 20.4 Å². The number of benzene rings is 1. The van der Waals surface area contributed by atoms with Crippen LogP contribution in [0.15, 0.2) is 22.1 Å². The van der Waals surface area contributed by atoms with Crippen molar-refractivity contribution in [3.8, 4) is 0 Å². The van der Waals surface area contributed by atoms with Crippen LogP contribution < -0.4 is 16.4 Å². The normalized spacial score (nSPS) is 20.7. The number of guanidine groups is 2. The third-order valence-electron chi connectivity index (χ3n) is 4.74. The zero-order valence-electron chi connectivity index (χ0n) is 13.1. The van der Waals surface area contributed by atoms with Crippen LogP contribution in [0.5, 0.6) is 0 Å². The highest BCUT2D eigenvalue weighted by Crippen LogP contribution is 2.42. The van der Waals surface area contributed by atoms with Crippen molar-refractivity contribution < 1.29 is 0 Å². The zero-order chi connectivity index (χ0) is 16.0. The lowest BCUT2D eigenvalue weighted by atomic mass is 9.87. The molecule has 23 heavy (non-hydrogen) atoms. The molecule has 2 aliphatic rings. The largest absolute Gasteiger partial charge is 0.369 e. The monoisotopic (exact) mass is 312 g/mol. The molecule has 5 N–H and O–H groups in total. The van der Waals surface area contributed by atoms with E-state index in [-0.39, 0.29) is 5.96 Å². The number of nitrogens with two attached hydrogens (primary N) is 2. The first-order valence-electron chi connectivity index (χ1n) is 7.90. The first kappa shape index (κ1) is 14.0. The predicted octanol–water partition coefficient (Wildman–Crippen LogP) is 1.38. The fourth-order valence-corrected chi connectivity index (χ4v) is 3.73. The number of hydrogen-bond donors (Lipinski definition) is 3. The van der Waals surface area contributed by atoms with Crippen LogP contribution in [0, 0.1) is 6.92 Å². The van der Waals surface area contributed by atoms with Crippen LogP contribution in [0.2, 0.25) is 0 Å². The van der Waals surface area contributed by atoms with E-state index < -0.39 is 5.66 Å². The molecule has 1 aliphatic heterocycles. The van der Waals surface area contributed by atoms with E-state index in [9.17, 15) is 0 Å². The lowest BCUT2D eigenvalue weighted by Gasteiger charge is -2.46. The van der Waals surface area contributed by atoms with E-state index >= 15 is 0 Å². The molecule has 120 valence electrons. The molecule has 2 heterocycles. The summed E-state index contributed by atoms with van der Waals surface area (Å²) in [6.07, 6.45) is 5.19. The first-order chi connectivity index (χ1) is 11.1. The summed E-state index contributed by atoms with van der Waals surface area (Å²) in [4.78, 5) is 10.9. The molecule has 0 unspecified atom stereocenters. The van der Waals surface area contributed by atoms with Gasteiger partial charge in [-0.15, -0.1) is 0 Å². The van der Waals surface area contributed by atoms with Crippen molar-refractivity contribution in [2.75, 3.05) is 4.90 Å². The van der Waals surface area contributed by atoms with Crippen LogP contribution >= 0.6 is 0 Å². The highest BCUT2D eigenvalue weighted by Gasteiger charge is 2.43. The summed E-state index contributed by atoms with van der Waals surface area (Å²) >= 11 is 0. The number of nitrogens with zero attached hydrogens (tertiary/aromatic N) is 5. The second-order valence-corrected chi connectivity index (χ2v) is 6.24. The van der Waals surface area contributed by atoms with Crippen molar-refractivity contribution in [3.63, 3.8) is 0 Å². The topological polar surface area (TPSA) is 122 Å². The number of nitrogens with one attached hydrogen (secondary N) is 1. The van der Waals surface area contributed by atoms with Crippen molar-refractivity contribution in [2.24, 2.45) is 21.5 Å². The fourth-order valence-electron chi connectivity index (χ4n) is 3.73. The average Bonchev–Trinajstić information content (AvgIpc) is 2.98. The van der Waals surface area contributed by atoms with Gasteiger partial charge < -0.3 is 11.5 Å². The minimum absolute atomic E-state index is 0.255. The minimum atomic E-state index is -0.466. The van der Waals surface area contributed by atoms with E-state index in [0.29, 0.717) is 5.96 Å². The SMILES string of the molecule is Cc1ccc2n[nH]nc2c1N1C(N)=NC(N)=NC12CCCCC2. The second kappa shape index (κ2) is 4.94. The second-order valence-electron chi connectivity index (χ2n) is 6.24. The average molecular weight is 312 g/mol. The van der Waals surface area contributed by atoms with Crippen LogP contribution in [0.1, 0.15) is 37.7 Å². The molecule has 1 spiro atoms. The third-order valence-corrected chi connectivity index (χ3v) is 4.74. The third kappa shape index (κ3) is 2.05. The Bertz CT molecular complexity index is 812. The van der Waals surface area contributed by atoms with Gasteiger partial charge >= 0.3 is 0 Å². The molecule has 4 rings (SSSR count). The maximum absolute atomic E-state index is 6.29. The van der Waals surface area contributed by atoms with Gasteiger partial charge in [-0.1, -0.05) is 12.5 Å². The molecule has 0 amide bonds. The summed E-state index contributed by atoms with van der Waals surface area (Å²) in [5.74, 6) is 0.628. The molecule has 1 aliphatic carbocycles. The van der Waals surface area contributed by atoms with Gasteiger partial charge in [0.1, 0.15) is 16.7 Å². The van der Waals surface area contributed by atoms with E-state index in [4.69, 9.17) is 16.5 Å². The quantitative estimate of drug-likeness (QED) is 0.734. The summed E-state index contributed by atoms with van der Waals surface area (Å²) in [5.41, 5.74) is 15.3. The maximum Gasteiger partial charge on any atom is 0.220 e. The first-order valence-corrected chi connectivity index (χ1v) is 7.90. The van der Waals surface area contributed by atoms with E-state index in [1.165, 1.54) is 6.42 Å². The summed E-state index contributed by atoms with van der Waals surface area (Å²) in [5, 5.41) is 11.2. The van der Waals surface area contributed by atoms with Crippen LogP contribution in [0.4, 0.5) is 5.69 Å². The number of hydrogen-bond acceptors (Lipinski definition) is 7. The number of rotatable bonds is 1. The predicted molar refractivity (Wildman–Crippen MR) is 90.2 cm³/mol. The van der Waals surface area contributed by atoms with Gasteiger partial charge in [0.2, 0.25) is 11.9 Å². The number of aliphatic imine (C=N–C) groups is 2. The van der Waals surface area contributed by atoms with E-state index in [1.807, 2.05) is 24.0 Å². The zero-order valence-corrected chi connectivity index (χ0v) is 13.1. The maximum atomic E-state index is 6.29. The van der Waals surface area contributed by atoms with Gasteiger partial charge in [-0.25, -0.2) is 4.99 Å². The Kier molecular flexibility index (Phi) is 3.00. The molecule has 0 atom stereocenters. The van der Waals surface area contributed by atoms with Crippen LogP contribution in [0.25, 0.3) is 11.0 Å². The van der Waals surface area contributed by atoms with E-state index in [0.717, 1.165) is 48.0 Å². The lowest BCUT2D eigenvalue weighted by molar-refractivity contribution is 0.305. The number of aromatic nitrogens is 3. The number of anilines is 1. The van der Waals surface area contributed by atoms with Crippen LogP contribution in [0.3, 0.4) is 0 Å². The minimum Gasteiger partial charge on any atom is -0.369 e. The number of aromatic amines is 1. The molecule has 0 saturated heterocycles. The standard InChI is InChI=1S/C15H20N8/c1-9-5-6-10-11(21-22-20-10)12(9)23-14(17)18-13(16)19-15(23)7-3-2-4-8-15/h5-6H,2-4,7-8H2,1H3,(H,20,21,22)(H4,16,17,18,19). The molecule has 8 nitrogen and oxygen atoms in total. The van der Waals surface area contributed by atoms with Crippen molar-refractivity contribution in [1.29, 1.82) is 0 Å². The molecule has 0 radical (unpaired) electrons. The molecule has 1 aromatic carbocycles. The van der Waals surface area contributed by atoms with Crippen molar-refractivity contribution >= 4 is 28.6 Å². The van der Waals surface area contributed by atoms with Gasteiger partial charge in [0, 0.05) is 0 Å². The smallest absolute Gasteiger partial charge is 0.220 e. The fraction of sp³-hybridized carbons (Fsp3) is 0.467. The Morgan fingerprint density at radius 1 is 1.13 bits per heavy atom. The molecular weight excluding hydrogens is 292 g/mol. The number of aryl methyl sites for hydroxylation is 1. The van der Waals surface area contributed by atoms with Gasteiger partial charge in [-0.05, 0) is 44.2 Å². The van der Waals surface area contributed by atoms with Gasteiger partial charge in [0.25, 0.3) is 0 Å². The van der Waals surface area contributed by atoms with Crippen molar-refractivity contribution in [1.82, 2.24) is 15.4 Å². The van der Waals surface area contributed by atoms with Gasteiger partial charge in [0.05, 0.1) is 5.69 Å². The van der Waals surface area contributed by atoms with E-state index in [1.54, 1.807) is 0 Å². The lowest BCUT2D eigenvalue weighted by Crippen LogP contribution is -2.58. The van der Waals surface area contributed by atoms with Crippen LogP contribution in [-0.4, -0.2) is 33.0 Å². The summed E-state index contributed by atoms with van der Waals surface area (Å²) in [6, 6.07) is 3.96. The molecule has 1 saturated carbocycles. The Labute approximate surface area is 133 Å². The van der Waals surface area contributed by atoms with E-state index in [2.05, 4.69) is 20.4 Å². The summed E-state index contributed by atoms with van der Waals surface area (Å²) in [7, 11) is 0. The summed E-state index contributed by atoms with van der Waals surface area (Å²) < 4.78 is 0. The Hall–Kier alpha value is -2.64.